The minimum Gasteiger partial charge on any atom is -0.457 e. The Balaban J connectivity index is 2.36. The highest BCUT2D eigenvalue weighted by molar-refractivity contribution is 6.29. The lowest BCUT2D eigenvalue weighted by Crippen LogP contribution is -2.13. The largest absolute Gasteiger partial charge is 0.457 e. The van der Waals surface area contributed by atoms with Crippen LogP contribution in [0, 0.1) is 0 Å². The summed E-state index contributed by atoms with van der Waals surface area (Å²) in [4.78, 5) is 15.5. The van der Waals surface area contributed by atoms with Gasteiger partial charge in [-0.05, 0) is 26.0 Å². The molecule has 2 aromatic heterocycles. The quantitative estimate of drug-likeness (QED) is 0.741. The van der Waals surface area contributed by atoms with Crippen LogP contribution in [0.2, 0.25) is 5.15 Å². The number of rotatable bonds is 2. The standard InChI is InChI=1S/C9H9ClN4O2/c1-5(2)16-9(15)8-11-7-4-3-6(10)12-14(7)13-8/h3-5H,1-2H3. The van der Waals surface area contributed by atoms with Gasteiger partial charge in [0.05, 0.1) is 6.10 Å². The molecular weight excluding hydrogens is 232 g/mol. The second kappa shape index (κ2) is 4.05. The summed E-state index contributed by atoms with van der Waals surface area (Å²) in [5.41, 5.74) is 0.445. The average molecular weight is 241 g/mol. The molecule has 84 valence electrons. The van der Waals surface area contributed by atoms with E-state index in [-0.39, 0.29) is 17.1 Å². The fourth-order valence-electron chi connectivity index (χ4n) is 1.11. The molecule has 0 N–H and O–H groups in total. The van der Waals surface area contributed by atoms with E-state index < -0.39 is 5.97 Å². The lowest BCUT2D eigenvalue weighted by atomic mass is 10.5. The summed E-state index contributed by atoms with van der Waals surface area (Å²) in [5.74, 6) is -0.597. The van der Waals surface area contributed by atoms with Crippen LogP contribution >= 0.6 is 11.6 Å². The lowest BCUT2D eigenvalue weighted by Gasteiger charge is -2.03. The van der Waals surface area contributed by atoms with Gasteiger partial charge in [-0.3, -0.25) is 0 Å². The van der Waals surface area contributed by atoms with Crippen LogP contribution < -0.4 is 0 Å². The highest BCUT2D eigenvalue weighted by Crippen LogP contribution is 2.06. The fourth-order valence-corrected chi connectivity index (χ4v) is 1.25. The molecule has 0 unspecified atom stereocenters. The van der Waals surface area contributed by atoms with Crippen molar-refractivity contribution in [2.24, 2.45) is 0 Å². The molecule has 0 saturated heterocycles. The van der Waals surface area contributed by atoms with E-state index in [1.165, 1.54) is 4.63 Å². The molecule has 0 spiro atoms. The van der Waals surface area contributed by atoms with Crippen LogP contribution in [-0.2, 0) is 4.74 Å². The summed E-state index contributed by atoms with van der Waals surface area (Å²) in [6.45, 7) is 3.51. The van der Waals surface area contributed by atoms with E-state index in [0.717, 1.165) is 0 Å². The van der Waals surface area contributed by atoms with Gasteiger partial charge in [0, 0.05) is 0 Å². The SMILES string of the molecule is CC(C)OC(=O)c1nc2ccc(Cl)nn2n1. The van der Waals surface area contributed by atoms with Crippen molar-refractivity contribution in [3.63, 3.8) is 0 Å². The minimum atomic E-state index is -0.573. The number of nitrogens with zero attached hydrogens (tertiary/aromatic N) is 4. The molecule has 0 aliphatic rings. The summed E-state index contributed by atoms with van der Waals surface area (Å²) in [7, 11) is 0. The van der Waals surface area contributed by atoms with Crippen molar-refractivity contribution in [3.8, 4) is 0 Å². The number of aromatic nitrogens is 4. The molecule has 0 bridgehead atoms. The van der Waals surface area contributed by atoms with Gasteiger partial charge >= 0.3 is 5.97 Å². The number of halogens is 1. The molecule has 0 saturated carbocycles. The maximum absolute atomic E-state index is 11.5. The molecule has 2 rings (SSSR count). The van der Waals surface area contributed by atoms with Gasteiger partial charge in [-0.2, -0.15) is 4.98 Å². The topological polar surface area (TPSA) is 69.4 Å². The molecule has 0 aliphatic carbocycles. The molecule has 0 fully saturated rings. The van der Waals surface area contributed by atoms with E-state index in [2.05, 4.69) is 15.2 Å². The second-order valence-corrected chi connectivity index (χ2v) is 3.78. The van der Waals surface area contributed by atoms with Crippen LogP contribution in [0.3, 0.4) is 0 Å². The van der Waals surface area contributed by atoms with Crippen molar-refractivity contribution < 1.29 is 9.53 Å². The Morgan fingerprint density at radius 3 is 2.88 bits per heavy atom. The molecule has 7 heteroatoms. The van der Waals surface area contributed by atoms with Gasteiger partial charge in [0.2, 0.25) is 0 Å². The zero-order chi connectivity index (χ0) is 11.7. The first-order valence-corrected chi connectivity index (χ1v) is 5.04. The lowest BCUT2D eigenvalue weighted by molar-refractivity contribution is 0.0363. The van der Waals surface area contributed by atoms with Gasteiger partial charge in [0.25, 0.3) is 5.82 Å². The van der Waals surface area contributed by atoms with Crippen molar-refractivity contribution in [1.82, 2.24) is 19.8 Å². The maximum Gasteiger partial charge on any atom is 0.378 e. The van der Waals surface area contributed by atoms with Crippen LogP contribution in [0.25, 0.3) is 5.65 Å². The predicted octanol–water partition coefficient (Wildman–Crippen LogP) is 1.34. The van der Waals surface area contributed by atoms with Crippen LogP contribution in [0.15, 0.2) is 12.1 Å². The fraction of sp³-hybridized carbons (Fsp3) is 0.333. The number of hydrogen-bond donors (Lipinski definition) is 0. The van der Waals surface area contributed by atoms with E-state index in [9.17, 15) is 4.79 Å². The van der Waals surface area contributed by atoms with Crippen LogP contribution in [0.5, 0.6) is 0 Å². The molecule has 6 nitrogen and oxygen atoms in total. The Labute approximate surface area is 96.2 Å². The van der Waals surface area contributed by atoms with Gasteiger partial charge < -0.3 is 4.74 Å². The Hall–Kier alpha value is -1.69. The van der Waals surface area contributed by atoms with Crippen molar-refractivity contribution in [3.05, 3.63) is 23.1 Å². The highest BCUT2D eigenvalue weighted by Gasteiger charge is 2.16. The van der Waals surface area contributed by atoms with Crippen LogP contribution in [0.4, 0.5) is 0 Å². The van der Waals surface area contributed by atoms with Gasteiger partial charge in [-0.15, -0.1) is 14.8 Å². The van der Waals surface area contributed by atoms with Crippen molar-refractivity contribution >= 4 is 23.2 Å². The number of fused-ring (bicyclic) bond motifs is 1. The second-order valence-electron chi connectivity index (χ2n) is 3.39. The third kappa shape index (κ3) is 2.11. The molecule has 0 aromatic carbocycles. The molecule has 0 amide bonds. The van der Waals surface area contributed by atoms with Crippen molar-refractivity contribution in [2.75, 3.05) is 0 Å². The molecule has 0 aliphatic heterocycles. The molecule has 2 heterocycles. The minimum absolute atomic E-state index is 0.0246. The van der Waals surface area contributed by atoms with E-state index in [1.54, 1.807) is 26.0 Å². The van der Waals surface area contributed by atoms with E-state index >= 15 is 0 Å². The maximum atomic E-state index is 11.5. The predicted molar refractivity (Wildman–Crippen MR) is 56.3 cm³/mol. The van der Waals surface area contributed by atoms with E-state index in [4.69, 9.17) is 16.3 Å². The van der Waals surface area contributed by atoms with E-state index in [1.807, 2.05) is 0 Å². The first-order valence-electron chi connectivity index (χ1n) is 4.67. The summed E-state index contributed by atoms with van der Waals surface area (Å²) < 4.78 is 6.15. The average Bonchev–Trinajstić information content (AvgIpc) is 2.59. The number of ether oxygens (including phenoxy) is 1. The third-order valence-electron chi connectivity index (χ3n) is 1.70. The summed E-state index contributed by atoms with van der Waals surface area (Å²) in [6, 6.07) is 3.19. The number of esters is 1. The third-order valence-corrected chi connectivity index (χ3v) is 1.90. The summed E-state index contributed by atoms with van der Waals surface area (Å²) in [6.07, 6.45) is -0.212. The monoisotopic (exact) mass is 240 g/mol. The summed E-state index contributed by atoms with van der Waals surface area (Å²) in [5, 5.41) is 8.00. The highest BCUT2D eigenvalue weighted by atomic mass is 35.5. The number of hydrogen-bond acceptors (Lipinski definition) is 5. The Morgan fingerprint density at radius 2 is 2.19 bits per heavy atom. The molecule has 16 heavy (non-hydrogen) atoms. The van der Waals surface area contributed by atoms with Crippen LogP contribution in [0.1, 0.15) is 24.5 Å². The van der Waals surface area contributed by atoms with Crippen molar-refractivity contribution in [1.29, 1.82) is 0 Å². The van der Waals surface area contributed by atoms with Gasteiger partial charge in [-0.25, -0.2) is 4.79 Å². The first kappa shape index (κ1) is 10.8. The zero-order valence-electron chi connectivity index (χ0n) is 8.72. The molecule has 0 atom stereocenters. The zero-order valence-corrected chi connectivity index (χ0v) is 9.47. The molecular formula is C9H9ClN4O2. The first-order chi connectivity index (χ1) is 7.56. The van der Waals surface area contributed by atoms with Gasteiger partial charge in [-0.1, -0.05) is 11.6 Å². The van der Waals surface area contributed by atoms with E-state index in [0.29, 0.717) is 5.65 Å². The smallest absolute Gasteiger partial charge is 0.378 e. The molecule has 2 aromatic rings. The molecule has 0 radical (unpaired) electrons. The van der Waals surface area contributed by atoms with Gasteiger partial charge in [0.15, 0.2) is 10.8 Å². The summed E-state index contributed by atoms with van der Waals surface area (Å²) >= 11 is 5.68. The van der Waals surface area contributed by atoms with Gasteiger partial charge in [0.1, 0.15) is 0 Å². The Morgan fingerprint density at radius 1 is 1.44 bits per heavy atom. The normalized spacial score (nSPS) is 11.0. The number of carbonyl (C=O) groups is 1. The van der Waals surface area contributed by atoms with Crippen LogP contribution in [-0.4, -0.2) is 31.9 Å². The van der Waals surface area contributed by atoms with Crippen molar-refractivity contribution in [2.45, 2.75) is 20.0 Å². The Bertz CT molecular complexity index is 537. The number of carbonyl (C=O) groups excluding carboxylic acids is 1. The Kier molecular flexibility index (Phi) is 2.74.